The third-order valence-corrected chi connectivity index (χ3v) is 6.01. The molecule has 0 aromatic heterocycles. The summed E-state index contributed by atoms with van der Waals surface area (Å²) in [7, 11) is 1.72. The van der Waals surface area contributed by atoms with Gasteiger partial charge in [0.1, 0.15) is 5.75 Å². The first-order valence-electron chi connectivity index (χ1n) is 10.9. The lowest BCUT2D eigenvalue weighted by Crippen LogP contribution is -2.43. The number of benzene rings is 3. The average Bonchev–Trinajstić information content (AvgIpc) is 3.55. The van der Waals surface area contributed by atoms with Gasteiger partial charge < -0.3 is 9.64 Å². The normalized spacial score (nSPS) is 16.7. The van der Waals surface area contributed by atoms with E-state index in [1.54, 1.807) is 7.11 Å². The van der Waals surface area contributed by atoms with Gasteiger partial charge in [0.25, 0.3) is 0 Å². The minimum atomic E-state index is 0.479. The maximum atomic E-state index is 5.33. The number of methoxy groups -OCH3 is 1. The van der Waals surface area contributed by atoms with E-state index in [1.165, 1.54) is 16.8 Å². The fourth-order valence-corrected chi connectivity index (χ4v) is 4.53. The van der Waals surface area contributed by atoms with Gasteiger partial charge in [-0.05, 0) is 41.3 Å². The van der Waals surface area contributed by atoms with E-state index in [9.17, 15) is 0 Å². The SMILES string of the molecule is COc1ccc(N2C[C@H]2[C@H](C(C)C)N(Cc2ccccc2)Cc2ccccc2)cc1. The molecule has 2 atom stereocenters. The van der Waals surface area contributed by atoms with Crippen LogP contribution in [0.3, 0.4) is 0 Å². The van der Waals surface area contributed by atoms with Crippen molar-refractivity contribution in [1.82, 2.24) is 4.90 Å². The quantitative estimate of drug-likeness (QED) is 0.434. The first kappa shape index (κ1) is 20.5. The molecular formula is C27H32N2O. The minimum Gasteiger partial charge on any atom is -0.497 e. The fraction of sp³-hybridized carbons (Fsp3) is 0.333. The molecule has 0 bridgehead atoms. The highest BCUT2D eigenvalue weighted by atomic mass is 16.5. The summed E-state index contributed by atoms with van der Waals surface area (Å²) in [5.41, 5.74) is 4.03. The van der Waals surface area contributed by atoms with Crippen molar-refractivity contribution in [3.05, 3.63) is 96.1 Å². The zero-order valence-electron chi connectivity index (χ0n) is 18.2. The number of ether oxygens (including phenoxy) is 1. The number of rotatable bonds is 9. The summed E-state index contributed by atoms with van der Waals surface area (Å²) in [4.78, 5) is 5.19. The maximum absolute atomic E-state index is 5.33. The molecule has 3 aromatic carbocycles. The van der Waals surface area contributed by atoms with Crippen molar-refractivity contribution >= 4 is 5.69 Å². The molecule has 0 saturated carbocycles. The third kappa shape index (κ3) is 4.85. The van der Waals surface area contributed by atoms with Gasteiger partial charge >= 0.3 is 0 Å². The molecule has 30 heavy (non-hydrogen) atoms. The Morgan fingerprint density at radius 2 is 1.37 bits per heavy atom. The molecule has 1 heterocycles. The van der Waals surface area contributed by atoms with Crippen molar-refractivity contribution in [2.75, 3.05) is 18.6 Å². The van der Waals surface area contributed by atoms with Crippen LogP contribution < -0.4 is 9.64 Å². The van der Waals surface area contributed by atoms with E-state index in [1.807, 2.05) is 0 Å². The summed E-state index contributed by atoms with van der Waals surface area (Å²) >= 11 is 0. The van der Waals surface area contributed by atoms with Crippen LogP contribution in [-0.2, 0) is 13.1 Å². The Hall–Kier alpha value is -2.78. The van der Waals surface area contributed by atoms with Gasteiger partial charge in [-0.3, -0.25) is 4.90 Å². The van der Waals surface area contributed by atoms with Gasteiger partial charge in [0.05, 0.1) is 13.2 Å². The molecule has 3 aromatic rings. The smallest absolute Gasteiger partial charge is 0.119 e. The van der Waals surface area contributed by atoms with Crippen molar-refractivity contribution in [2.24, 2.45) is 5.92 Å². The fourth-order valence-electron chi connectivity index (χ4n) is 4.53. The number of nitrogens with zero attached hydrogens (tertiary/aromatic N) is 2. The van der Waals surface area contributed by atoms with Gasteiger partial charge in [-0.2, -0.15) is 0 Å². The Kier molecular flexibility index (Phi) is 6.39. The molecule has 0 radical (unpaired) electrons. The number of hydrogen-bond donors (Lipinski definition) is 0. The van der Waals surface area contributed by atoms with Crippen molar-refractivity contribution in [2.45, 2.75) is 39.0 Å². The lowest BCUT2D eigenvalue weighted by molar-refractivity contribution is 0.137. The van der Waals surface area contributed by atoms with Gasteiger partial charge in [0, 0.05) is 31.4 Å². The van der Waals surface area contributed by atoms with E-state index in [2.05, 4.69) is 109 Å². The Bertz CT molecular complexity index is 867. The molecule has 0 N–H and O–H groups in total. The van der Waals surface area contributed by atoms with Gasteiger partial charge in [-0.1, -0.05) is 74.5 Å². The molecule has 1 fully saturated rings. The Morgan fingerprint density at radius 3 is 1.83 bits per heavy atom. The van der Waals surface area contributed by atoms with Crippen LogP contribution in [0.2, 0.25) is 0 Å². The van der Waals surface area contributed by atoms with Crippen molar-refractivity contribution in [3.8, 4) is 5.75 Å². The van der Waals surface area contributed by atoms with E-state index >= 15 is 0 Å². The molecule has 4 rings (SSSR count). The highest BCUT2D eigenvalue weighted by Gasteiger charge is 2.44. The van der Waals surface area contributed by atoms with E-state index in [4.69, 9.17) is 4.74 Å². The highest BCUT2D eigenvalue weighted by Crippen LogP contribution is 2.36. The van der Waals surface area contributed by atoms with Crippen LogP contribution in [-0.4, -0.2) is 30.6 Å². The van der Waals surface area contributed by atoms with E-state index in [0.717, 1.165) is 25.4 Å². The molecular weight excluding hydrogens is 368 g/mol. The van der Waals surface area contributed by atoms with Crippen LogP contribution in [0.1, 0.15) is 25.0 Å². The Labute approximate surface area is 180 Å². The average molecular weight is 401 g/mol. The van der Waals surface area contributed by atoms with Crippen molar-refractivity contribution in [3.63, 3.8) is 0 Å². The summed E-state index contributed by atoms with van der Waals surface area (Å²) in [6, 6.07) is 31.2. The largest absolute Gasteiger partial charge is 0.497 e. The Morgan fingerprint density at radius 1 is 0.833 bits per heavy atom. The molecule has 0 unspecified atom stereocenters. The maximum Gasteiger partial charge on any atom is 0.119 e. The van der Waals surface area contributed by atoms with Gasteiger partial charge in [-0.15, -0.1) is 0 Å². The molecule has 0 amide bonds. The van der Waals surface area contributed by atoms with Crippen LogP contribution in [0.4, 0.5) is 5.69 Å². The minimum absolute atomic E-state index is 0.479. The summed E-state index contributed by atoms with van der Waals surface area (Å²) in [6.07, 6.45) is 0. The molecule has 0 aliphatic carbocycles. The lowest BCUT2D eigenvalue weighted by Gasteiger charge is -2.35. The highest BCUT2D eigenvalue weighted by molar-refractivity contribution is 5.56. The second kappa shape index (κ2) is 9.36. The van der Waals surface area contributed by atoms with Gasteiger partial charge in [-0.25, -0.2) is 0 Å². The zero-order chi connectivity index (χ0) is 20.9. The predicted octanol–water partition coefficient (Wildman–Crippen LogP) is 5.61. The van der Waals surface area contributed by atoms with E-state index < -0.39 is 0 Å². The molecule has 3 heteroatoms. The van der Waals surface area contributed by atoms with E-state index in [-0.39, 0.29) is 0 Å². The standard InChI is InChI=1S/C27H32N2O/c1-21(2)27(26-20-29(26)24-14-16-25(30-3)17-15-24)28(18-22-10-6-4-7-11-22)19-23-12-8-5-9-13-23/h4-17,21,26-27H,18-20H2,1-3H3/t26-,27-,29?/m0/s1. The Balaban J connectivity index is 1.57. The van der Waals surface area contributed by atoms with Crippen molar-refractivity contribution in [1.29, 1.82) is 0 Å². The number of hydrogen-bond acceptors (Lipinski definition) is 3. The van der Waals surface area contributed by atoms with Crippen LogP contribution in [0.25, 0.3) is 0 Å². The zero-order valence-corrected chi connectivity index (χ0v) is 18.2. The van der Waals surface area contributed by atoms with Crippen molar-refractivity contribution < 1.29 is 4.74 Å². The third-order valence-electron chi connectivity index (χ3n) is 6.01. The predicted molar refractivity (Wildman–Crippen MR) is 125 cm³/mol. The van der Waals surface area contributed by atoms with Crippen LogP contribution in [0.5, 0.6) is 5.75 Å². The second-order valence-electron chi connectivity index (χ2n) is 8.53. The molecule has 156 valence electrons. The molecule has 0 spiro atoms. The molecule has 3 nitrogen and oxygen atoms in total. The molecule has 1 aliphatic heterocycles. The van der Waals surface area contributed by atoms with Crippen LogP contribution >= 0.6 is 0 Å². The lowest BCUT2D eigenvalue weighted by atomic mass is 9.97. The molecule has 1 aliphatic rings. The van der Waals surface area contributed by atoms with Gasteiger partial charge in [0.2, 0.25) is 0 Å². The first-order chi connectivity index (χ1) is 14.7. The van der Waals surface area contributed by atoms with Gasteiger partial charge in [0.15, 0.2) is 0 Å². The summed E-state index contributed by atoms with van der Waals surface area (Å²) in [6.45, 7) is 7.75. The van der Waals surface area contributed by atoms with Crippen LogP contribution in [0, 0.1) is 5.92 Å². The van der Waals surface area contributed by atoms with Crippen LogP contribution in [0.15, 0.2) is 84.9 Å². The van der Waals surface area contributed by atoms with E-state index in [0.29, 0.717) is 18.0 Å². The second-order valence-corrected chi connectivity index (χ2v) is 8.53. The topological polar surface area (TPSA) is 15.5 Å². The summed E-state index contributed by atoms with van der Waals surface area (Å²) in [5.74, 6) is 1.47. The summed E-state index contributed by atoms with van der Waals surface area (Å²) < 4.78 is 5.33. The molecule has 1 saturated heterocycles. The first-order valence-corrected chi connectivity index (χ1v) is 10.9. The monoisotopic (exact) mass is 400 g/mol. The number of anilines is 1. The summed E-state index contributed by atoms with van der Waals surface area (Å²) in [5, 5.41) is 0.